The zero-order valence-electron chi connectivity index (χ0n) is 17.0. The zero-order chi connectivity index (χ0) is 21.1. The summed E-state index contributed by atoms with van der Waals surface area (Å²) in [4.78, 5) is 19.5. The maximum Gasteiger partial charge on any atom is 0.254 e. The molecule has 3 aromatic rings. The largest absolute Gasteiger partial charge is 0.496 e. The number of methoxy groups -OCH3 is 2. The topological polar surface area (TPSA) is 51.7 Å². The van der Waals surface area contributed by atoms with E-state index >= 15 is 0 Å². The first-order chi connectivity index (χ1) is 14.6. The fourth-order valence-electron chi connectivity index (χ4n) is 3.98. The number of likely N-dealkylation sites (tertiary alicyclic amines) is 1. The van der Waals surface area contributed by atoms with Crippen LogP contribution in [0.4, 0.5) is 0 Å². The van der Waals surface area contributed by atoms with Crippen LogP contribution in [0.2, 0.25) is 5.02 Å². The minimum Gasteiger partial charge on any atom is -0.496 e. The first kappa shape index (κ1) is 20.2. The summed E-state index contributed by atoms with van der Waals surface area (Å²) >= 11 is 6.41. The molecule has 0 spiro atoms. The van der Waals surface area contributed by atoms with Gasteiger partial charge in [-0.25, -0.2) is 0 Å². The lowest BCUT2D eigenvalue weighted by Gasteiger charge is -2.26. The molecule has 1 aromatic heterocycles. The highest BCUT2D eigenvalue weighted by atomic mass is 35.5. The van der Waals surface area contributed by atoms with Gasteiger partial charge in [0.05, 0.1) is 26.5 Å². The van der Waals surface area contributed by atoms with Crippen LogP contribution in [0, 0.1) is 0 Å². The molecule has 1 saturated heterocycles. The summed E-state index contributed by atoms with van der Waals surface area (Å²) in [5.41, 5.74) is 3.30. The van der Waals surface area contributed by atoms with Crippen molar-refractivity contribution in [2.24, 2.45) is 0 Å². The molecular weight excluding hydrogens is 400 g/mol. The van der Waals surface area contributed by atoms with Crippen LogP contribution in [0.1, 0.15) is 34.8 Å². The lowest BCUT2D eigenvalue weighted by Crippen LogP contribution is -2.30. The lowest BCUT2D eigenvalue weighted by atomic mass is 10.0. The minimum atomic E-state index is -0.0222. The number of pyridine rings is 1. The summed E-state index contributed by atoms with van der Waals surface area (Å²) in [6.07, 6.45) is 5.25. The molecule has 2 aromatic carbocycles. The second kappa shape index (κ2) is 8.76. The Bertz CT molecular complexity index is 1070. The summed E-state index contributed by atoms with van der Waals surface area (Å²) < 4.78 is 10.9. The van der Waals surface area contributed by atoms with Crippen LogP contribution in [0.5, 0.6) is 11.5 Å². The van der Waals surface area contributed by atoms with Crippen LogP contribution in [0.25, 0.3) is 11.1 Å². The van der Waals surface area contributed by atoms with Crippen LogP contribution in [-0.4, -0.2) is 36.6 Å². The van der Waals surface area contributed by atoms with Crippen molar-refractivity contribution in [3.05, 3.63) is 77.1 Å². The standard InChI is InChI=1S/C24H23ClN2O3/c1-29-18-12-17(14-26-15-18)19-10-9-16(13-23(19)30-2)24(28)27-11-5-8-22(27)20-6-3-4-7-21(20)25/h3-4,6-7,9-10,12-15,22H,5,8,11H2,1-2H3/t22-/m1/s1. The number of rotatable bonds is 5. The van der Waals surface area contributed by atoms with Crippen LogP contribution in [-0.2, 0) is 0 Å². The molecule has 4 rings (SSSR count). The number of hydrogen-bond donors (Lipinski definition) is 0. The van der Waals surface area contributed by atoms with Gasteiger partial charge in [0.15, 0.2) is 0 Å². The summed E-state index contributed by atoms with van der Waals surface area (Å²) in [5, 5.41) is 0.695. The fourth-order valence-corrected chi connectivity index (χ4v) is 4.25. The van der Waals surface area contributed by atoms with Gasteiger partial charge < -0.3 is 14.4 Å². The van der Waals surface area contributed by atoms with Gasteiger partial charge in [-0.05, 0) is 48.7 Å². The quantitative estimate of drug-likeness (QED) is 0.552. The van der Waals surface area contributed by atoms with Crippen molar-refractivity contribution in [1.29, 1.82) is 0 Å². The van der Waals surface area contributed by atoms with Crippen molar-refractivity contribution in [3.8, 4) is 22.6 Å². The number of hydrogen-bond acceptors (Lipinski definition) is 4. The van der Waals surface area contributed by atoms with Crippen LogP contribution in [0.3, 0.4) is 0 Å². The summed E-state index contributed by atoms with van der Waals surface area (Å²) in [6.45, 7) is 0.707. The van der Waals surface area contributed by atoms with Gasteiger partial charge in [-0.1, -0.05) is 29.8 Å². The van der Waals surface area contributed by atoms with Gasteiger partial charge in [-0.15, -0.1) is 0 Å². The Morgan fingerprint density at radius 1 is 1.10 bits per heavy atom. The molecule has 0 unspecified atom stereocenters. The van der Waals surface area contributed by atoms with E-state index < -0.39 is 0 Å². The molecule has 1 aliphatic rings. The first-order valence-electron chi connectivity index (χ1n) is 9.85. The molecule has 1 amide bonds. The number of halogens is 1. The van der Waals surface area contributed by atoms with E-state index in [9.17, 15) is 4.79 Å². The van der Waals surface area contributed by atoms with E-state index in [1.165, 1.54) is 0 Å². The molecule has 30 heavy (non-hydrogen) atoms. The van der Waals surface area contributed by atoms with Crippen molar-refractivity contribution in [2.75, 3.05) is 20.8 Å². The van der Waals surface area contributed by atoms with Crippen molar-refractivity contribution < 1.29 is 14.3 Å². The smallest absolute Gasteiger partial charge is 0.254 e. The van der Waals surface area contributed by atoms with Crippen molar-refractivity contribution in [2.45, 2.75) is 18.9 Å². The second-order valence-corrected chi connectivity index (χ2v) is 7.61. The Labute approximate surface area is 181 Å². The van der Waals surface area contributed by atoms with Crippen LogP contribution in [0.15, 0.2) is 60.9 Å². The predicted molar refractivity (Wildman–Crippen MR) is 117 cm³/mol. The SMILES string of the molecule is COc1cncc(-c2ccc(C(=O)N3CCC[C@@H]3c3ccccc3Cl)cc2OC)c1. The molecule has 0 radical (unpaired) electrons. The Morgan fingerprint density at radius 3 is 2.70 bits per heavy atom. The molecule has 0 saturated carbocycles. The van der Waals surface area contributed by atoms with Crippen molar-refractivity contribution in [3.63, 3.8) is 0 Å². The van der Waals surface area contributed by atoms with Gasteiger partial charge in [0.2, 0.25) is 0 Å². The van der Waals surface area contributed by atoms with E-state index in [0.29, 0.717) is 28.6 Å². The second-order valence-electron chi connectivity index (χ2n) is 7.21. The third kappa shape index (κ3) is 3.85. The maximum atomic E-state index is 13.4. The molecule has 1 aliphatic heterocycles. The van der Waals surface area contributed by atoms with Crippen LogP contribution < -0.4 is 9.47 Å². The summed E-state index contributed by atoms with van der Waals surface area (Å²) in [7, 11) is 3.20. The normalized spacial score (nSPS) is 15.8. The summed E-state index contributed by atoms with van der Waals surface area (Å²) in [5.74, 6) is 1.25. The molecule has 5 nitrogen and oxygen atoms in total. The molecule has 154 valence electrons. The number of benzene rings is 2. The predicted octanol–water partition coefficient (Wildman–Crippen LogP) is 5.40. The Hall–Kier alpha value is -3.05. The van der Waals surface area contributed by atoms with E-state index in [-0.39, 0.29) is 11.9 Å². The number of carbonyl (C=O) groups is 1. The molecule has 1 atom stereocenters. The highest BCUT2D eigenvalue weighted by molar-refractivity contribution is 6.31. The average molecular weight is 423 g/mol. The van der Waals surface area contributed by atoms with Gasteiger partial charge in [0.25, 0.3) is 5.91 Å². The maximum absolute atomic E-state index is 13.4. The number of ether oxygens (including phenoxy) is 2. The van der Waals surface area contributed by atoms with Crippen molar-refractivity contribution >= 4 is 17.5 Å². The monoisotopic (exact) mass is 422 g/mol. The van der Waals surface area contributed by atoms with E-state index in [0.717, 1.165) is 29.5 Å². The van der Waals surface area contributed by atoms with Gasteiger partial charge >= 0.3 is 0 Å². The molecule has 2 heterocycles. The van der Waals surface area contributed by atoms with Crippen molar-refractivity contribution in [1.82, 2.24) is 9.88 Å². The van der Waals surface area contributed by atoms with Gasteiger partial charge in [-0.3, -0.25) is 9.78 Å². The molecular formula is C24H23ClN2O3. The van der Waals surface area contributed by atoms with Crippen LogP contribution >= 0.6 is 11.6 Å². The molecule has 0 bridgehead atoms. The molecule has 0 N–H and O–H groups in total. The zero-order valence-corrected chi connectivity index (χ0v) is 17.7. The highest BCUT2D eigenvalue weighted by Gasteiger charge is 2.32. The summed E-state index contributed by atoms with van der Waals surface area (Å²) in [6, 6.07) is 15.1. The van der Waals surface area contributed by atoms with Gasteiger partial charge in [0, 0.05) is 34.5 Å². The third-order valence-electron chi connectivity index (χ3n) is 5.49. The number of amides is 1. The Morgan fingerprint density at radius 2 is 1.93 bits per heavy atom. The van der Waals surface area contributed by atoms with E-state index in [2.05, 4.69) is 4.98 Å². The van der Waals surface area contributed by atoms with E-state index in [1.807, 2.05) is 47.4 Å². The lowest BCUT2D eigenvalue weighted by molar-refractivity contribution is 0.0735. The van der Waals surface area contributed by atoms with E-state index in [4.69, 9.17) is 21.1 Å². The van der Waals surface area contributed by atoms with Gasteiger partial charge in [-0.2, -0.15) is 0 Å². The number of aromatic nitrogens is 1. The molecule has 1 fully saturated rings. The molecule has 6 heteroatoms. The Balaban J connectivity index is 1.65. The first-order valence-corrected chi connectivity index (χ1v) is 10.2. The minimum absolute atomic E-state index is 0.0144. The molecule has 0 aliphatic carbocycles. The average Bonchev–Trinajstić information content (AvgIpc) is 3.28. The number of carbonyl (C=O) groups excluding carboxylic acids is 1. The Kier molecular flexibility index (Phi) is 5.91. The van der Waals surface area contributed by atoms with E-state index in [1.54, 1.807) is 32.7 Å². The van der Waals surface area contributed by atoms with Gasteiger partial charge in [0.1, 0.15) is 11.5 Å². The highest BCUT2D eigenvalue weighted by Crippen LogP contribution is 2.38. The number of nitrogens with zero attached hydrogens (tertiary/aromatic N) is 2. The third-order valence-corrected chi connectivity index (χ3v) is 5.83. The fraction of sp³-hybridized carbons (Fsp3) is 0.250.